The molecule has 0 fully saturated rings. The molecule has 8 nitrogen and oxygen atoms in total. The Morgan fingerprint density at radius 3 is 2.96 bits per heavy atom. The van der Waals surface area contributed by atoms with Crippen molar-refractivity contribution in [1.82, 2.24) is 30.4 Å². The van der Waals surface area contributed by atoms with Gasteiger partial charge in [-0.2, -0.15) is 5.10 Å². The van der Waals surface area contributed by atoms with Gasteiger partial charge in [0.05, 0.1) is 11.6 Å². The average molecular weight is 387 g/mol. The summed E-state index contributed by atoms with van der Waals surface area (Å²) in [4.78, 5) is 14.3. The molecule has 1 unspecified atom stereocenters. The quantitative estimate of drug-likeness (QED) is 0.311. The van der Waals surface area contributed by atoms with E-state index in [0.29, 0.717) is 12.5 Å². The van der Waals surface area contributed by atoms with Gasteiger partial charge in [-0.25, -0.2) is 9.97 Å². The lowest BCUT2D eigenvalue weighted by Gasteiger charge is -2.16. The third kappa shape index (κ3) is 5.16. The second kappa shape index (κ2) is 9.31. The van der Waals surface area contributed by atoms with Gasteiger partial charge in [-0.15, -0.1) is 11.3 Å². The predicted octanol–water partition coefficient (Wildman–Crippen LogP) is 1.88. The smallest absolute Gasteiger partial charge is 0.191 e. The molecule has 0 radical (unpaired) electrons. The van der Waals surface area contributed by atoms with Crippen molar-refractivity contribution in [2.45, 2.75) is 13.3 Å². The monoisotopic (exact) mass is 386 g/mol. The van der Waals surface area contributed by atoms with Gasteiger partial charge in [0.15, 0.2) is 11.6 Å². The van der Waals surface area contributed by atoms with E-state index < -0.39 is 0 Å². The highest BCUT2D eigenvalue weighted by molar-refractivity contribution is 7.09. The second-order valence-electron chi connectivity index (χ2n) is 6.42. The van der Waals surface area contributed by atoms with Crippen LogP contribution in [0.4, 0.5) is 5.82 Å². The fourth-order valence-corrected chi connectivity index (χ4v) is 3.67. The zero-order valence-electron chi connectivity index (χ0n) is 15.9. The standard InChI is InChI=1S/C18H26N8S/c1-13(9-14-5-4-8-27-14)10-22-18(19-2)21-7-6-20-16-15-11-25-26(3)17(15)24-12-23-16/h4-5,8,11-13H,6-7,9-10H2,1-3H3,(H2,19,21,22)(H,20,23,24). The number of anilines is 1. The summed E-state index contributed by atoms with van der Waals surface area (Å²) in [5.74, 6) is 2.15. The number of thiophene rings is 1. The lowest BCUT2D eigenvalue weighted by Crippen LogP contribution is -2.41. The summed E-state index contributed by atoms with van der Waals surface area (Å²) < 4.78 is 1.74. The Balaban J connectivity index is 1.40. The molecule has 3 aromatic heterocycles. The maximum absolute atomic E-state index is 4.30. The molecule has 0 bridgehead atoms. The molecule has 9 heteroatoms. The zero-order valence-corrected chi connectivity index (χ0v) is 16.8. The van der Waals surface area contributed by atoms with E-state index in [0.717, 1.165) is 42.3 Å². The molecular formula is C18H26N8S. The Morgan fingerprint density at radius 1 is 1.30 bits per heavy atom. The molecule has 1 atom stereocenters. The van der Waals surface area contributed by atoms with Crippen molar-refractivity contribution in [3.8, 4) is 0 Å². The number of nitrogens with zero attached hydrogens (tertiary/aromatic N) is 5. The molecule has 144 valence electrons. The van der Waals surface area contributed by atoms with Crippen LogP contribution in [0.3, 0.4) is 0 Å². The van der Waals surface area contributed by atoms with E-state index in [9.17, 15) is 0 Å². The van der Waals surface area contributed by atoms with Crippen molar-refractivity contribution < 1.29 is 0 Å². The van der Waals surface area contributed by atoms with Crippen LogP contribution in [-0.2, 0) is 13.5 Å². The average Bonchev–Trinajstić information content (AvgIpc) is 3.31. The summed E-state index contributed by atoms with van der Waals surface area (Å²) in [5.41, 5.74) is 0.817. The number of fused-ring (bicyclic) bond motifs is 1. The first-order chi connectivity index (χ1) is 13.2. The van der Waals surface area contributed by atoms with Crippen molar-refractivity contribution in [1.29, 1.82) is 0 Å². The summed E-state index contributed by atoms with van der Waals surface area (Å²) in [5, 5.41) is 17.3. The van der Waals surface area contributed by atoms with Crippen molar-refractivity contribution in [3.05, 3.63) is 34.9 Å². The van der Waals surface area contributed by atoms with Gasteiger partial charge in [0.25, 0.3) is 0 Å². The summed E-state index contributed by atoms with van der Waals surface area (Å²) in [6.45, 7) is 4.57. The van der Waals surface area contributed by atoms with Crippen LogP contribution in [0.5, 0.6) is 0 Å². The van der Waals surface area contributed by atoms with Crippen LogP contribution in [0.25, 0.3) is 11.0 Å². The predicted molar refractivity (Wildman–Crippen MR) is 111 cm³/mol. The van der Waals surface area contributed by atoms with E-state index in [1.807, 2.05) is 18.4 Å². The van der Waals surface area contributed by atoms with Gasteiger partial charge in [0, 0.05) is 38.6 Å². The third-order valence-electron chi connectivity index (χ3n) is 4.21. The van der Waals surface area contributed by atoms with Crippen molar-refractivity contribution in [2.75, 3.05) is 32.0 Å². The Morgan fingerprint density at radius 2 is 2.19 bits per heavy atom. The first-order valence-corrected chi connectivity index (χ1v) is 9.89. The van der Waals surface area contributed by atoms with Crippen molar-refractivity contribution in [3.63, 3.8) is 0 Å². The molecule has 0 aromatic carbocycles. The molecule has 0 saturated carbocycles. The largest absolute Gasteiger partial charge is 0.368 e. The van der Waals surface area contributed by atoms with Gasteiger partial charge < -0.3 is 16.0 Å². The third-order valence-corrected chi connectivity index (χ3v) is 5.11. The number of guanidine groups is 1. The normalized spacial score (nSPS) is 12.9. The van der Waals surface area contributed by atoms with Gasteiger partial charge in [0.2, 0.25) is 0 Å². The SMILES string of the molecule is CN=C(NCCNc1ncnc2c1cnn2C)NCC(C)Cc1cccs1. The van der Waals surface area contributed by atoms with E-state index in [1.165, 1.54) is 4.88 Å². The molecule has 0 saturated heterocycles. The molecule has 27 heavy (non-hydrogen) atoms. The Hall–Kier alpha value is -2.68. The van der Waals surface area contributed by atoms with Crippen LogP contribution in [-0.4, -0.2) is 52.4 Å². The first-order valence-electron chi connectivity index (χ1n) is 9.01. The topological polar surface area (TPSA) is 92.1 Å². The molecule has 0 spiro atoms. The molecule has 0 aliphatic heterocycles. The molecule has 3 rings (SSSR count). The first kappa shape index (κ1) is 19.1. The van der Waals surface area contributed by atoms with Crippen LogP contribution in [0, 0.1) is 5.92 Å². The number of nitrogens with one attached hydrogen (secondary N) is 3. The minimum absolute atomic E-state index is 0.542. The molecule has 0 amide bonds. The van der Waals surface area contributed by atoms with Gasteiger partial charge >= 0.3 is 0 Å². The van der Waals surface area contributed by atoms with E-state index in [1.54, 1.807) is 24.3 Å². The van der Waals surface area contributed by atoms with E-state index in [2.05, 4.69) is 60.4 Å². The molecular weight excluding hydrogens is 360 g/mol. The zero-order chi connectivity index (χ0) is 19.1. The van der Waals surface area contributed by atoms with Crippen molar-refractivity contribution >= 4 is 34.1 Å². The summed E-state index contributed by atoms with van der Waals surface area (Å²) >= 11 is 1.81. The van der Waals surface area contributed by atoms with Gasteiger partial charge in [-0.1, -0.05) is 13.0 Å². The number of hydrogen-bond donors (Lipinski definition) is 3. The van der Waals surface area contributed by atoms with Gasteiger partial charge in [0.1, 0.15) is 12.1 Å². The highest BCUT2D eigenvalue weighted by atomic mass is 32.1. The second-order valence-corrected chi connectivity index (χ2v) is 7.46. The Kier molecular flexibility index (Phi) is 6.59. The summed E-state index contributed by atoms with van der Waals surface area (Å²) in [7, 11) is 3.66. The van der Waals surface area contributed by atoms with E-state index >= 15 is 0 Å². The minimum Gasteiger partial charge on any atom is -0.368 e. The highest BCUT2D eigenvalue weighted by Crippen LogP contribution is 2.17. The lowest BCUT2D eigenvalue weighted by molar-refractivity contribution is 0.562. The van der Waals surface area contributed by atoms with Gasteiger partial charge in [-0.3, -0.25) is 9.67 Å². The number of hydrogen-bond acceptors (Lipinski definition) is 6. The summed E-state index contributed by atoms with van der Waals surface area (Å²) in [6, 6.07) is 4.29. The van der Waals surface area contributed by atoms with E-state index in [-0.39, 0.29) is 0 Å². The van der Waals surface area contributed by atoms with Crippen LogP contribution < -0.4 is 16.0 Å². The fourth-order valence-electron chi connectivity index (χ4n) is 2.80. The molecule has 0 aliphatic rings. The number of aromatic nitrogens is 4. The van der Waals surface area contributed by atoms with Crippen LogP contribution in [0.15, 0.2) is 35.0 Å². The minimum atomic E-state index is 0.542. The number of aliphatic imine (C=N–C) groups is 1. The lowest BCUT2D eigenvalue weighted by atomic mass is 10.1. The van der Waals surface area contributed by atoms with E-state index in [4.69, 9.17) is 0 Å². The fraction of sp³-hybridized carbons (Fsp3) is 0.444. The van der Waals surface area contributed by atoms with Gasteiger partial charge in [-0.05, 0) is 23.8 Å². The van der Waals surface area contributed by atoms with Crippen molar-refractivity contribution in [2.24, 2.45) is 18.0 Å². The molecule has 0 aliphatic carbocycles. The summed E-state index contributed by atoms with van der Waals surface area (Å²) in [6.07, 6.45) is 4.41. The maximum Gasteiger partial charge on any atom is 0.191 e. The Labute approximate surface area is 163 Å². The number of aryl methyl sites for hydroxylation is 1. The molecule has 3 aromatic rings. The van der Waals surface area contributed by atoms with Crippen LogP contribution in [0.1, 0.15) is 11.8 Å². The number of rotatable bonds is 8. The van der Waals surface area contributed by atoms with Crippen LogP contribution >= 0.6 is 11.3 Å². The van der Waals surface area contributed by atoms with Crippen LogP contribution in [0.2, 0.25) is 0 Å². The Bertz CT molecular complexity index is 871. The molecule has 3 N–H and O–H groups in total. The highest BCUT2D eigenvalue weighted by Gasteiger charge is 2.08. The maximum atomic E-state index is 4.30. The molecule has 3 heterocycles.